The number of hydrogen-bond acceptors (Lipinski definition) is 6. The Hall–Kier alpha value is -3.66. The number of anilines is 1. The molecule has 3 aromatic rings. The number of fused-ring (bicyclic) bond motifs is 3. The van der Waals surface area contributed by atoms with Gasteiger partial charge in [0.15, 0.2) is 11.7 Å². The first-order chi connectivity index (χ1) is 16.1. The topological polar surface area (TPSA) is 99.9 Å². The van der Waals surface area contributed by atoms with Gasteiger partial charge in [-0.3, -0.25) is 4.79 Å². The molecule has 1 aromatic heterocycles. The number of amides is 1. The minimum atomic E-state index is -1.06. The molecule has 168 valence electrons. The third-order valence-electron chi connectivity index (χ3n) is 6.92. The summed E-state index contributed by atoms with van der Waals surface area (Å²) >= 11 is 0. The average Bonchev–Trinajstić information content (AvgIpc) is 3.47. The van der Waals surface area contributed by atoms with Crippen molar-refractivity contribution < 1.29 is 9.53 Å². The summed E-state index contributed by atoms with van der Waals surface area (Å²) in [5, 5.41) is 16.4. The maximum Gasteiger partial charge on any atom is 0.243 e. The van der Waals surface area contributed by atoms with Crippen molar-refractivity contribution in [2.24, 2.45) is 11.8 Å². The molecule has 2 aromatic carbocycles. The lowest BCUT2D eigenvalue weighted by Crippen LogP contribution is -2.31. The van der Waals surface area contributed by atoms with E-state index in [2.05, 4.69) is 16.7 Å². The zero-order chi connectivity index (χ0) is 22.8. The maximum atomic E-state index is 13.1. The molecular formula is C26H27N5O2. The van der Waals surface area contributed by atoms with Crippen LogP contribution in [-0.4, -0.2) is 29.0 Å². The van der Waals surface area contributed by atoms with Crippen LogP contribution in [0.25, 0.3) is 11.0 Å². The Morgan fingerprint density at radius 3 is 2.67 bits per heavy atom. The van der Waals surface area contributed by atoms with Gasteiger partial charge in [0.05, 0.1) is 24.2 Å². The second-order valence-electron chi connectivity index (χ2n) is 9.00. The van der Waals surface area contributed by atoms with Gasteiger partial charge in [-0.1, -0.05) is 30.7 Å². The summed E-state index contributed by atoms with van der Waals surface area (Å²) in [7, 11) is 1.60. The van der Waals surface area contributed by atoms with Crippen molar-refractivity contribution in [1.29, 1.82) is 5.26 Å². The molecule has 4 atom stereocenters. The molecular weight excluding hydrogens is 414 g/mol. The predicted octanol–water partition coefficient (Wildman–Crippen LogP) is 4.16. The van der Waals surface area contributed by atoms with E-state index >= 15 is 0 Å². The first kappa shape index (κ1) is 21.2. The van der Waals surface area contributed by atoms with E-state index in [0.717, 1.165) is 29.2 Å². The van der Waals surface area contributed by atoms with Crippen LogP contribution in [0.2, 0.25) is 0 Å². The van der Waals surface area contributed by atoms with Crippen LogP contribution in [0.1, 0.15) is 42.9 Å². The Labute approximate surface area is 193 Å². The molecule has 2 N–H and O–H groups in total. The lowest BCUT2D eigenvalue weighted by Gasteiger charge is -2.25. The standard InChI is InChI=1S/C26H27N5O2/c1-33-19-6-4-5-17(12-19)15-28-26(32)20(14-27)24-25(30-22-8-3-2-7-21(22)29-24)31-23-13-16-9-10-18(23)11-16/h2-8,12,16,18,20,23H,9-11,13,15H2,1H3,(H,28,32)(H,30,31). The number of nitrogens with one attached hydrogen (secondary N) is 2. The van der Waals surface area contributed by atoms with Crippen molar-refractivity contribution in [1.82, 2.24) is 15.3 Å². The van der Waals surface area contributed by atoms with Crippen molar-refractivity contribution in [3.8, 4) is 11.8 Å². The summed E-state index contributed by atoms with van der Waals surface area (Å²) in [6.07, 6.45) is 4.88. The second-order valence-corrected chi connectivity index (χ2v) is 9.00. The molecule has 5 rings (SSSR count). The molecule has 2 bridgehead atoms. The van der Waals surface area contributed by atoms with Crippen LogP contribution >= 0.6 is 0 Å². The van der Waals surface area contributed by atoms with E-state index in [4.69, 9.17) is 14.7 Å². The highest BCUT2D eigenvalue weighted by Gasteiger charge is 2.40. The fraction of sp³-hybridized carbons (Fsp3) is 0.385. The van der Waals surface area contributed by atoms with Crippen molar-refractivity contribution in [3.05, 3.63) is 59.8 Å². The molecule has 2 fully saturated rings. The zero-order valence-corrected chi connectivity index (χ0v) is 18.6. The molecule has 0 spiro atoms. The van der Waals surface area contributed by atoms with E-state index in [1.165, 1.54) is 19.3 Å². The highest BCUT2D eigenvalue weighted by Crippen LogP contribution is 2.45. The molecule has 2 aliphatic carbocycles. The van der Waals surface area contributed by atoms with Gasteiger partial charge in [0, 0.05) is 12.6 Å². The average molecular weight is 442 g/mol. The van der Waals surface area contributed by atoms with Gasteiger partial charge in [0.25, 0.3) is 0 Å². The van der Waals surface area contributed by atoms with Gasteiger partial charge in [0.2, 0.25) is 5.91 Å². The number of hydrogen-bond donors (Lipinski definition) is 2. The number of methoxy groups -OCH3 is 1. The maximum absolute atomic E-state index is 13.1. The molecule has 4 unspecified atom stereocenters. The molecule has 1 heterocycles. The second kappa shape index (κ2) is 9.07. The number of aromatic nitrogens is 2. The Morgan fingerprint density at radius 2 is 1.97 bits per heavy atom. The van der Waals surface area contributed by atoms with Gasteiger partial charge in [-0.15, -0.1) is 0 Å². The summed E-state index contributed by atoms with van der Waals surface area (Å²) in [5.41, 5.74) is 2.71. The van der Waals surface area contributed by atoms with E-state index in [9.17, 15) is 10.1 Å². The number of benzene rings is 2. The molecule has 7 nitrogen and oxygen atoms in total. The summed E-state index contributed by atoms with van der Waals surface area (Å²) in [4.78, 5) is 22.6. The van der Waals surface area contributed by atoms with Crippen molar-refractivity contribution in [2.75, 3.05) is 12.4 Å². The smallest absolute Gasteiger partial charge is 0.243 e. The minimum absolute atomic E-state index is 0.296. The molecule has 33 heavy (non-hydrogen) atoms. The first-order valence-corrected chi connectivity index (χ1v) is 11.5. The first-order valence-electron chi connectivity index (χ1n) is 11.5. The number of ether oxygens (including phenoxy) is 1. The third kappa shape index (κ3) is 4.34. The predicted molar refractivity (Wildman–Crippen MR) is 126 cm³/mol. The number of carbonyl (C=O) groups excluding carboxylic acids is 1. The molecule has 0 saturated heterocycles. The van der Waals surface area contributed by atoms with Crippen LogP contribution in [-0.2, 0) is 11.3 Å². The summed E-state index contributed by atoms with van der Waals surface area (Å²) in [6.45, 7) is 0.296. The van der Waals surface area contributed by atoms with Gasteiger partial charge in [-0.05, 0) is 60.9 Å². The SMILES string of the molecule is COc1cccc(CNC(=O)C(C#N)c2nc3ccccc3nc2NC2CC3CCC2C3)c1. The zero-order valence-electron chi connectivity index (χ0n) is 18.6. The molecule has 0 aliphatic heterocycles. The fourth-order valence-electron chi connectivity index (χ4n) is 5.24. The Morgan fingerprint density at radius 1 is 1.15 bits per heavy atom. The van der Waals surface area contributed by atoms with E-state index < -0.39 is 5.92 Å². The van der Waals surface area contributed by atoms with Crippen LogP contribution in [0, 0.1) is 23.2 Å². The number of nitriles is 1. The fourth-order valence-corrected chi connectivity index (χ4v) is 5.24. The molecule has 2 aliphatic rings. The largest absolute Gasteiger partial charge is 0.497 e. The van der Waals surface area contributed by atoms with Gasteiger partial charge < -0.3 is 15.4 Å². The minimum Gasteiger partial charge on any atom is -0.497 e. The number of para-hydroxylation sites is 2. The van der Waals surface area contributed by atoms with Crippen LogP contribution in [0.15, 0.2) is 48.5 Å². The molecule has 1 amide bonds. The van der Waals surface area contributed by atoms with Gasteiger partial charge >= 0.3 is 0 Å². The van der Waals surface area contributed by atoms with E-state index in [1.807, 2.05) is 48.5 Å². The van der Waals surface area contributed by atoms with Crippen LogP contribution in [0.3, 0.4) is 0 Å². The van der Waals surface area contributed by atoms with Crippen molar-refractivity contribution in [2.45, 2.75) is 44.2 Å². The summed E-state index contributed by atoms with van der Waals surface area (Å²) < 4.78 is 5.25. The van der Waals surface area contributed by atoms with E-state index in [1.54, 1.807) is 7.11 Å². The number of nitrogens with zero attached hydrogens (tertiary/aromatic N) is 3. The van der Waals surface area contributed by atoms with E-state index in [-0.39, 0.29) is 5.91 Å². The van der Waals surface area contributed by atoms with Gasteiger partial charge in [-0.2, -0.15) is 5.26 Å². The van der Waals surface area contributed by atoms with Gasteiger partial charge in [0.1, 0.15) is 11.4 Å². The molecule has 2 saturated carbocycles. The normalized spacial score (nSPS) is 22.0. The van der Waals surface area contributed by atoms with Crippen LogP contribution in [0.4, 0.5) is 5.82 Å². The van der Waals surface area contributed by atoms with E-state index in [0.29, 0.717) is 35.5 Å². The lowest BCUT2D eigenvalue weighted by atomic mass is 9.95. The number of carbonyl (C=O) groups is 1. The third-order valence-corrected chi connectivity index (χ3v) is 6.92. The highest BCUT2D eigenvalue weighted by atomic mass is 16.5. The van der Waals surface area contributed by atoms with Crippen molar-refractivity contribution >= 4 is 22.8 Å². The Balaban J connectivity index is 1.41. The quantitative estimate of drug-likeness (QED) is 0.571. The van der Waals surface area contributed by atoms with Gasteiger partial charge in [-0.25, -0.2) is 9.97 Å². The lowest BCUT2D eigenvalue weighted by molar-refractivity contribution is -0.121. The highest BCUT2D eigenvalue weighted by molar-refractivity contribution is 5.88. The molecule has 0 radical (unpaired) electrons. The summed E-state index contributed by atoms with van der Waals surface area (Å²) in [5.74, 6) is 1.21. The Kier molecular flexibility index (Phi) is 5.82. The van der Waals surface area contributed by atoms with Crippen LogP contribution < -0.4 is 15.4 Å². The Bertz CT molecular complexity index is 1220. The van der Waals surface area contributed by atoms with Crippen molar-refractivity contribution in [3.63, 3.8) is 0 Å². The molecule has 7 heteroatoms. The monoisotopic (exact) mass is 441 g/mol. The summed E-state index contributed by atoms with van der Waals surface area (Å²) in [6, 6.07) is 17.5. The number of rotatable bonds is 7. The van der Waals surface area contributed by atoms with Crippen LogP contribution in [0.5, 0.6) is 5.75 Å².